The van der Waals surface area contributed by atoms with Crippen molar-refractivity contribution in [3.05, 3.63) is 65.1 Å². The van der Waals surface area contributed by atoms with Crippen LogP contribution in [0, 0.1) is 6.92 Å². The summed E-state index contributed by atoms with van der Waals surface area (Å²) in [5, 5.41) is 10.3. The summed E-state index contributed by atoms with van der Waals surface area (Å²) in [4.78, 5) is 16.4. The van der Waals surface area contributed by atoms with Crippen LogP contribution in [0.2, 0.25) is 0 Å². The van der Waals surface area contributed by atoms with Crippen molar-refractivity contribution in [1.29, 1.82) is 0 Å². The zero-order valence-corrected chi connectivity index (χ0v) is 19.1. The van der Waals surface area contributed by atoms with Gasteiger partial charge in [-0.1, -0.05) is 25.1 Å². The van der Waals surface area contributed by atoms with Gasteiger partial charge in [-0.15, -0.1) is 0 Å². The molecule has 154 valence electrons. The molecule has 29 heavy (non-hydrogen) atoms. The van der Waals surface area contributed by atoms with Crippen molar-refractivity contribution in [1.82, 2.24) is 4.98 Å². The van der Waals surface area contributed by atoms with Gasteiger partial charge in [0.05, 0.1) is 12.0 Å². The Hall–Kier alpha value is -2.14. The van der Waals surface area contributed by atoms with E-state index in [0.717, 1.165) is 5.56 Å². The van der Waals surface area contributed by atoms with Gasteiger partial charge in [-0.3, -0.25) is 4.72 Å². The number of alkyl halides is 1. The lowest BCUT2D eigenvalue weighted by atomic mass is 9.89. The van der Waals surface area contributed by atoms with Crippen LogP contribution < -0.4 is 4.72 Å². The number of halogens is 1. The Morgan fingerprint density at radius 1 is 1.31 bits per heavy atom. The minimum atomic E-state index is -3.85. The second-order valence-electron chi connectivity index (χ2n) is 7.15. The molecule has 2 atom stereocenters. The average molecular weight is 528 g/mol. The number of hydrogen-bond acceptors (Lipinski definition) is 6. The zero-order chi connectivity index (χ0) is 21.4. The largest absolute Gasteiger partial charge is 0.512 e. The maximum Gasteiger partial charge on any atom is 0.339 e. The number of benzene rings is 1. The molecule has 0 aliphatic carbocycles. The number of aryl methyl sites for hydroxylation is 1. The lowest BCUT2D eigenvalue weighted by Crippen LogP contribution is -2.33. The minimum Gasteiger partial charge on any atom is -0.512 e. The van der Waals surface area contributed by atoms with Crippen molar-refractivity contribution < 1.29 is 23.1 Å². The molecule has 1 aliphatic rings. The molecule has 1 aliphatic heterocycles. The van der Waals surface area contributed by atoms with Crippen LogP contribution in [0.4, 0.5) is 5.69 Å². The molecule has 1 aromatic heterocycles. The number of sulfonamides is 1. The summed E-state index contributed by atoms with van der Waals surface area (Å²) >= 11 is 1.98. The first-order valence-corrected chi connectivity index (χ1v) is 11.4. The van der Waals surface area contributed by atoms with Gasteiger partial charge in [-0.05, 0) is 65.8 Å². The Balaban J connectivity index is 1.88. The van der Waals surface area contributed by atoms with Crippen LogP contribution in [0.15, 0.2) is 59.0 Å². The third-order valence-corrected chi connectivity index (χ3v) is 6.45. The fraction of sp³-hybridized carbons (Fsp3) is 0.300. The van der Waals surface area contributed by atoms with Crippen LogP contribution in [-0.4, -0.2) is 28.1 Å². The molecular formula is C20H21IN2O5S. The van der Waals surface area contributed by atoms with E-state index in [0.29, 0.717) is 11.3 Å². The highest BCUT2D eigenvalue weighted by atomic mass is 127. The van der Waals surface area contributed by atoms with E-state index in [2.05, 4.69) is 9.71 Å². The highest BCUT2D eigenvalue weighted by Gasteiger charge is 2.38. The summed E-state index contributed by atoms with van der Waals surface area (Å²) < 4.78 is 32.2. The highest BCUT2D eigenvalue weighted by molar-refractivity contribution is 14.1. The number of nitrogens with one attached hydrogen (secondary N) is 1. The van der Waals surface area contributed by atoms with Gasteiger partial charge >= 0.3 is 5.97 Å². The maximum absolute atomic E-state index is 12.6. The van der Waals surface area contributed by atoms with Gasteiger partial charge in [-0.2, -0.15) is 8.42 Å². The van der Waals surface area contributed by atoms with Crippen LogP contribution >= 0.6 is 22.6 Å². The molecular weight excluding hydrogens is 507 g/mol. The second-order valence-corrected chi connectivity index (χ2v) is 11.1. The molecule has 2 N–H and O–H groups in total. The molecule has 0 fully saturated rings. The van der Waals surface area contributed by atoms with Gasteiger partial charge in [0, 0.05) is 17.8 Å². The molecule has 2 aromatic rings. The minimum absolute atomic E-state index is 0.0134. The van der Waals surface area contributed by atoms with Crippen molar-refractivity contribution in [3.8, 4) is 0 Å². The molecule has 2 unspecified atom stereocenters. The summed E-state index contributed by atoms with van der Waals surface area (Å²) in [6.07, 6.45) is 1.70. The number of carbonyl (C=O) groups is 1. The van der Waals surface area contributed by atoms with E-state index in [1.165, 1.54) is 12.3 Å². The predicted molar refractivity (Wildman–Crippen MR) is 117 cm³/mol. The third kappa shape index (κ3) is 4.89. The standard InChI is InChI=1S/C20H21IN2O5S/c1-12-7-8-17(22-11-12)29(26,27)23-15-6-4-5-14(9-15)13(2)18-16(24)10-20(3,21)28-19(18)25/h4-9,11,13,23-24H,10H2,1-3H3. The number of pyridine rings is 1. The van der Waals surface area contributed by atoms with Gasteiger partial charge in [0.15, 0.2) is 8.63 Å². The van der Waals surface area contributed by atoms with E-state index in [9.17, 15) is 18.3 Å². The molecule has 9 heteroatoms. The number of aromatic nitrogens is 1. The number of cyclic esters (lactones) is 1. The Morgan fingerprint density at radius 2 is 2.03 bits per heavy atom. The molecule has 0 spiro atoms. The molecule has 0 radical (unpaired) electrons. The normalized spacial score (nSPS) is 20.9. The fourth-order valence-corrected chi connectivity index (χ4v) is 4.62. The second kappa shape index (κ2) is 7.94. The number of aliphatic hydroxyl groups excluding tert-OH is 1. The summed E-state index contributed by atoms with van der Waals surface area (Å²) in [6, 6.07) is 9.79. The van der Waals surface area contributed by atoms with E-state index in [1.54, 1.807) is 44.2 Å². The van der Waals surface area contributed by atoms with Crippen molar-refractivity contribution in [2.75, 3.05) is 4.72 Å². The van der Waals surface area contributed by atoms with Crippen molar-refractivity contribution >= 4 is 44.3 Å². The number of esters is 1. The van der Waals surface area contributed by atoms with Gasteiger partial charge in [0.2, 0.25) is 0 Å². The SMILES string of the molecule is Cc1ccc(S(=O)(=O)Nc2cccc(C(C)C3=C(O)CC(C)(I)OC3=O)c2)nc1. The Bertz CT molecular complexity index is 1080. The van der Waals surface area contributed by atoms with Crippen LogP contribution in [0.3, 0.4) is 0 Å². The number of nitrogens with zero attached hydrogens (tertiary/aromatic N) is 1. The summed E-state index contributed by atoms with van der Waals surface area (Å²) in [5.41, 5.74) is 2.03. The van der Waals surface area contributed by atoms with Crippen LogP contribution in [0.1, 0.15) is 37.3 Å². The summed E-state index contributed by atoms with van der Waals surface area (Å²) in [7, 11) is -3.85. The highest BCUT2D eigenvalue weighted by Crippen LogP contribution is 2.39. The van der Waals surface area contributed by atoms with Crippen molar-refractivity contribution in [2.45, 2.75) is 41.7 Å². The van der Waals surface area contributed by atoms with E-state index >= 15 is 0 Å². The number of aliphatic hydroxyl groups is 1. The fourth-order valence-electron chi connectivity index (χ4n) is 3.08. The van der Waals surface area contributed by atoms with Gasteiger partial charge in [0.1, 0.15) is 5.76 Å². The molecule has 1 aromatic carbocycles. The number of rotatable bonds is 5. The average Bonchev–Trinajstić information content (AvgIpc) is 2.60. The number of anilines is 1. The van der Waals surface area contributed by atoms with Gasteiger partial charge in [-0.25, -0.2) is 9.78 Å². The number of ether oxygens (including phenoxy) is 1. The van der Waals surface area contributed by atoms with Gasteiger partial charge in [0.25, 0.3) is 10.0 Å². The third-order valence-electron chi connectivity index (χ3n) is 4.55. The first kappa shape index (κ1) is 21.6. The van der Waals surface area contributed by atoms with Crippen LogP contribution in [0.25, 0.3) is 0 Å². The first-order chi connectivity index (χ1) is 13.5. The van der Waals surface area contributed by atoms with E-state index in [1.807, 2.05) is 29.5 Å². The topological polar surface area (TPSA) is 106 Å². The first-order valence-electron chi connectivity index (χ1n) is 8.88. The molecule has 7 nitrogen and oxygen atoms in total. The van der Waals surface area contributed by atoms with Crippen molar-refractivity contribution in [2.24, 2.45) is 0 Å². The molecule has 0 saturated heterocycles. The molecule has 0 saturated carbocycles. The number of hydrogen-bond donors (Lipinski definition) is 2. The van der Waals surface area contributed by atoms with E-state index < -0.39 is 25.5 Å². The Kier molecular flexibility index (Phi) is 5.91. The zero-order valence-electron chi connectivity index (χ0n) is 16.1. The van der Waals surface area contributed by atoms with Crippen LogP contribution in [0.5, 0.6) is 0 Å². The summed E-state index contributed by atoms with van der Waals surface area (Å²) in [6.45, 7) is 5.30. The molecule has 3 rings (SSSR count). The van der Waals surface area contributed by atoms with Gasteiger partial charge < -0.3 is 9.84 Å². The molecule has 0 bridgehead atoms. The van der Waals surface area contributed by atoms with E-state index in [-0.39, 0.29) is 22.8 Å². The number of carbonyl (C=O) groups excluding carboxylic acids is 1. The Labute approximate surface area is 183 Å². The lowest BCUT2D eigenvalue weighted by molar-refractivity contribution is -0.147. The lowest BCUT2D eigenvalue weighted by Gasteiger charge is -2.31. The molecule has 2 heterocycles. The maximum atomic E-state index is 12.6. The van der Waals surface area contributed by atoms with Crippen LogP contribution in [-0.2, 0) is 19.6 Å². The predicted octanol–water partition coefficient (Wildman–Crippen LogP) is 4.20. The smallest absolute Gasteiger partial charge is 0.339 e. The van der Waals surface area contributed by atoms with Crippen molar-refractivity contribution in [3.63, 3.8) is 0 Å². The summed E-state index contributed by atoms with van der Waals surface area (Å²) in [5.74, 6) is -1.06. The molecule has 0 amide bonds. The quantitative estimate of drug-likeness (QED) is 0.343. The monoisotopic (exact) mass is 528 g/mol. The van der Waals surface area contributed by atoms with E-state index in [4.69, 9.17) is 4.74 Å². The Morgan fingerprint density at radius 3 is 2.66 bits per heavy atom.